The van der Waals surface area contributed by atoms with Crippen molar-refractivity contribution in [2.45, 2.75) is 89.1 Å². The molecule has 5 rings (SSSR count). The highest BCUT2D eigenvalue weighted by molar-refractivity contribution is 6.06. The largest absolute Gasteiger partial charge is 0.487 e. The van der Waals surface area contributed by atoms with Crippen molar-refractivity contribution in [1.29, 1.82) is 0 Å². The van der Waals surface area contributed by atoms with Crippen LogP contribution >= 0.6 is 0 Å². The molecule has 1 saturated heterocycles. The summed E-state index contributed by atoms with van der Waals surface area (Å²) >= 11 is 0. The number of carbonyl (C=O) groups excluding carboxylic acids is 1. The molecule has 3 fully saturated rings. The van der Waals surface area contributed by atoms with Crippen LogP contribution in [0.4, 0.5) is 0 Å². The molecule has 1 unspecified atom stereocenters. The van der Waals surface area contributed by atoms with Crippen molar-refractivity contribution in [3.63, 3.8) is 0 Å². The molecule has 4 heteroatoms. The predicted octanol–water partition coefficient (Wildman–Crippen LogP) is 3.68. The molecule has 26 heavy (non-hydrogen) atoms. The van der Waals surface area contributed by atoms with Crippen LogP contribution in [-0.4, -0.2) is 33.8 Å². The van der Waals surface area contributed by atoms with Gasteiger partial charge in [-0.3, -0.25) is 4.79 Å². The highest BCUT2D eigenvalue weighted by Gasteiger charge is 2.72. The van der Waals surface area contributed by atoms with E-state index in [2.05, 4.69) is 13.8 Å². The zero-order chi connectivity index (χ0) is 18.5. The van der Waals surface area contributed by atoms with Crippen LogP contribution in [-0.2, 0) is 14.3 Å². The Kier molecular flexibility index (Phi) is 3.15. The van der Waals surface area contributed by atoms with Crippen molar-refractivity contribution in [1.82, 2.24) is 0 Å². The van der Waals surface area contributed by atoms with E-state index in [1.54, 1.807) is 6.08 Å². The van der Waals surface area contributed by atoms with Crippen LogP contribution in [0, 0.1) is 17.3 Å². The van der Waals surface area contributed by atoms with E-state index < -0.39 is 17.3 Å². The van der Waals surface area contributed by atoms with Crippen LogP contribution in [0.1, 0.15) is 66.2 Å². The Labute approximate surface area is 155 Å². The van der Waals surface area contributed by atoms with Gasteiger partial charge < -0.3 is 14.6 Å². The van der Waals surface area contributed by atoms with E-state index in [0.717, 1.165) is 24.8 Å². The van der Waals surface area contributed by atoms with Crippen LogP contribution < -0.4 is 0 Å². The molecule has 2 aliphatic heterocycles. The molecule has 2 heterocycles. The number of fused-ring (bicyclic) bond motifs is 3. The Balaban J connectivity index is 1.53. The van der Waals surface area contributed by atoms with Gasteiger partial charge in [0.1, 0.15) is 17.0 Å². The van der Waals surface area contributed by atoms with Crippen LogP contribution in [0.25, 0.3) is 0 Å². The van der Waals surface area contributed by atoms with E-state index in [1.807, 2.05) is 19.9 Å². The van der Waals surface area contributed by atoms with Crippen molar-refractivity contribution in [2.24, 2.45) is 17.3 Å². The normalized spacial score (nSPS) is 48.3. The van der Waals surface area contributed by atoms with Gasteiger partial charge in [-0.2, -0.15) is 0 Å². The molecule has 0 aromatic rings. The second-order valence-electron chi connectivity index (χ2n) is 10.1. The molecule has 3 aliphatic carbocycles. The Morgan fingerprint density at radius 3 is 2.54 bits per heavy atom. The summed E-state index contributed by atoms with van der Waals surface area (Å²) in [5.74, 6) is 2.04. The summed E-state index contributed by atoms with van der Waals surface area (Å²) in [6.07, 6.45) is 8.60. The Bertz CT molecular complexity index is 747. The van der Waals surface area contributed by atoms with Crippen molar-refractivity contribution in [3.8, 4) is 0 Å². The average molecular weight is 358 g/mol. The number of rotatable bonds is 1. The molecule has 1 N–H and O–H groups in total. The smallest absolute Gasteiger partial charge is 0.185 e. The predicted molar refractivity (Wildman–Crippen MR) is 97.4 cm³/mol. The Morgan fingerprint density at radius 1 is 1.19 bits per heavy atom. The molecule has 142 valence electrons. The van der Waals surface area contributed by atoms with Crippen LogP contribution in [0.5, 0.6) is 0 Å². The second kappa shape index (κ2) is 4.82. The summed E-state index contributed by atoms with van der Waals surface area (Å²) in [5.41, 5.74) is -0.353. The fraction of sp³-hybridized carbons (Fsp3) is 0.773. The van der Waals surface area contributed by atoms with Gasteiger partial charge in [-0.25, -0.2) is 0 Å². The third-order valence-electron chi connectivity index (χ3n) is 8.22. The quantitative estimate of drug-likeness (QED) is 0.777. The lowest BCUT2D eigenvalue weighted by molar-refractivity contribution is -0.129. The SMILES string of the molecule is CC(C)[C@@]12CCC3(CCC4=C(O3)[C@]3(C=CC4=O)C[C@@H](O)C(C)(C)O3)[C@@H]1C2. The first-order valence-electron chi connectivity index (χ1n) is 10.2. The number of aliphatic hydroxyl groups is 1. The summed E-state index contributed by atoms with van der Waals surface area (Å²) in [4.78, 5) is 12.5. The Hall–Kier alpha value is -1.13. The molecule has 5 aliphatic rings. The third kappa shape index (κ3) is 1.95. The molecule has 0 aromatic heterocycles. The summed E-state index contributed by atoms with van der Waals surface area (Å²) in [6.45, 7) is 8.49. The number of hydrogen-bond donors (Lipinski definition) is 1. The third-order valence-corrected chi connectivity index (χ3v) is 8.22. The van der Waals surface area contributed by atoms with E-state index in [4.69, 9.17) is 9.47 Å². The number of ketones is 1. The van der Waals surface area contributed by atoms with Crippen molar-refractivity contribution in [2.75, 3.05) is 0 Å². The van der Waals surface area contributed by atoms with Gasteiger partial charge in [-0.1, -0.05) is 13.8 Å². The maximum absolute atomic E-state index is 12.5. The van der Waals surface area contributed by atoms with Gasteiger partial charge in [0.05, 0.1) is 11.7 Å². The Morgan fingerprint density at radius 2 is 1.96 bits per heavy atom. The zero-order valence-electron chi connectivity index (χ0n) is 16.3. The molecule has 2 spiro atoms. The fourth-order valence-electron chi connectivity index (χ4n) is 6.36. The molecule has 4 nitrogen and oxygen atoms in total. The molecule has 0 aromatic carbocycles. The van der Waals surface area contributed by atoms with Crippen molar-refractivity contribution in [3.05, 3.63) is 23.5 Å². The first-order valence-corrected chi connectivity index (χ1v) is 10.2. The van der Waals surface area contributed by atoms with Crippen molar-refractivity contribution >= 4 is 5.78 Å². The minimum Gasteiger partial charge on any atom is -0.487 e. The molecular formula is C22H30O4. The lowest BCUT2D eigenvalue weighted by atomic mass is 9.78. The summed E-state index contributed by atoms with van der Waals surface area (Å²) in [5, 5.41) is 10.5. The molecule has 0 bridgehead atoms. The lowest BCUT2D eigenvalue weighted by Gasteiger charge is -2.44. The van der Waals surface area contributed by atoms with Crippen LogP contribution in [0.2, 0.25) is 0 Å². The fourth-order valence-corrected chi connectivity index (χ4v) is 6.36. The highest BCUT2D eigenvalue weighted by Crippen LogP contribution is 2.74. The first kappa shape index (κ1) is 17.0. The van der Waals surface area contributed by atoms with E-state index >= 15 is 0 Å². The van der Waals surface area contributed by atoms with Crippen molar-refractivity contribution < 1.29 is 19.4 Å². The van der Waals surface area contributed by atoms with E-state index in [9.17, 15) is 9.90 Å². The standard InChI is InChI=1S/C22H30O4/c1-13(2)20-9-10-21(16(20)11-20)7-5-14-15(23)6-8-22(18(14)25-21)12-17(24)19(3,4)26-22/h6,8,13,16-17,24H,5,7,9-12H2,1-4H3/t16-,17-,20+,21?,22+/m1/s1. The lowest BCUT2D eigenvalue weighted by Crippen LogP contribution is -2.46. The minimum absolute atomic E-state index is 0.0483. The number of aliphatic hydroxyl groups excluding tert-OH is 1. The first-order chi connectivity index (χ1) is 12.1. The number of hydrogen-bond acceptors (Lipinski definition) is 4. The summed E-state index contributed by atoms with van der Waals surface area (Å²) < 4.78 is 13.1. The van der Waals surface area contributed by atoms with E-state index in [1.165, 1.54) is 12.8 Å². The molecule has 0 radical (unpaired) electrons. The van der Waals surface area contributed by atoms with E-state index in [0.29, 0.717) is 29.4 Å². The van der Waals surface area contributed by atoms with Gasteiger partial charge in [0, 0.05) is 17.9 Å². The highest BCUT2D eigenvalue weighted by atomic mass is 16.6. The monoisotopic (exact) mass is 358 g/mol. The van der Waals surface area contributed by atoms with Gasteiger partial charge in [0.25, 0.3) is 0 Å². The van der Waals surface area contributed by atoms with Gasteiger partial charge in [-0.05, 0) is 69.4 Å². The molecular weight excluding hydrogens is 328 g/mol. The van der Waals surface area contributed by atoms with Gasteiger partial charge >= 0.3 is 0 Å². The summed E-state index contributed by atoms with van der Waals surface area (Å²) in [6, 6.07) is 0. The number of allylic oxidation sites excluding steroid dienone is 2. The average Bonchev–Trinajstić information content (AvgIpc) is 3.20. The van der Waals surface area contributed by atoms with Crippen LogP contribution in [0.3, 0.4) is 0 Å². The topological polar surface area (TPSA) is 55.8 Å². The molecule has 0 amide bonds. The maximum Gasteiger partial charge on any atom is 0.185 e. The van der Waals surface area contributed by atoms with E-state index in [-0.39, 0.29) is 11.4 Å². The second-order valence-corrected chi connectivity index (χ2v) is 10.1. The minimum atomic E-state index is -0.780. The maximum atomic E-state index is 12.5. The molecule has 2 saturated carbocycles. The molecule has 5 atom stereocenters. The van der Waals surface area contributed by atoms with Gasteiger partial charge in [0.2, 0.25) is 0 Å². The van der Waals surface area contributed by atoms with Crippen LogP contribution in [0.15, 0.2) is 23.5 Å². The number of carbonyl (C=O) groups is 1. The van der Waals surface area contributed by atoms with Gasteiger partial charge in [-0.15, -0.1) is 0 Å². The number of ether oxygens (including phenoxy) is 2. The van der Waals surface area contributed by atoms with Gasteiger partial charge in [0.15, 0.2) is 5.78 Å². The summed E-state index contributed by atoms with van der Waals surface area (Å²) in [7, 11) is 0. The zero-order valence-corrected chi connectivity index (χ0v) is 16.3.